The van der Waals surface area contributed by atoms with Crippen LogP contribution >= 0.6 is 0 Å². The molecule has 88 valence electrons. The van der Waals surface area contributed by atoms with E-state index in [-0.39, 0.29) is 51.4 Å². The Hall–Kier alpha value is 0.215. The first-order chi connectivity index (χ1) is 6.64. The zero-order valence-corrected chi connectivity index (χ0v) is 12.7. The number of benzene rings is 1. The average molecular weight is 222 g/mol. The number of rotatable bonds is 0. The van der Waals surface area contributed by atoms with Crippen LogP contribution in [0.25, 0.3) is 0 Å². The van der Waals surface area contributed by atoms with E-state index in [1.807, 2.05) is 18.2 Å². The molecule has 0 unspecified atom stereocenters. The number of hydrogen-bond donors (Lipinski definition) is 1. The van der Waals surface area contributed by atoms with Crippen molar-refractivity contribution < 1.29 is 45.7 Å². The Kier molecular flexibility index (Phi) is 7.36. The molecule has 3 heteroatoms. The average Bonchev–Trinajstić information content (AvgIpc) is 1.99. The first-order valence-corrected chi connectivity index (χ1v) is 5.47. The van der Waals surface area contributed by atoms with Gasteiger partial charge in [0.1, 0.15) is 5.75 Å². The van der Waals surface area contributed by atoms with Crippen LogP contribution in [-0.2, 0) is 10.8 Å². The summed E-state index contributed by atoms with van der Waals surface area (Å²) in [6.07, 6.45) is 0. The standard InChI is InChI=1S/C14H22O.2Li.2H/c1-13(2,3)10-8-7-9-11(12(10)15)14(4,5)6;;;;/h7-9,15H,1-6H3;;;;/q;2*+1;2*-1. The quantitative estimate of drug-likeness (QED) is 0.515. The predicted molar refractivity (Wildman–Crippen MR) is 67.7 cm³/mol. The molecule has 0 heterocycles. The second kappa shape index (κ2) is 6.40. The molecule has 0 saturated heterocycles. The van der Waals surface area contributed by atoms with Gasteiger partial charge in [0, 0.05) is 0 Å². The topological polar surface area (TPSA) is 20.2 Å². The summed E-state index contributed by atoms with van der Waals surface area (Å²) < 4.78 is 0. The third-order valence-electron chi connectivity index (χ3n) is 2.65. The molecule has 0 bridgehead atoms. The Morgan fingerprint density at radius 3 is 1.35 bits per heavy atom. The monoisotopic (exact) mass is 222 g/mol. The van der Waals surface area contributed by atoms with Crippen LogP contribution in [0.15, 0.2) is 18.2 Å². The third-order valence-corrected chi connectivity index (χ3v) is 2.65. The van der Waals surface area contributed by atoms with Crippen molar-refractivity contribution >= 4 is 0 Å². The normalized spacial score (nSPS) is 11.4. The second-order valence-corrected chi connectivity index (χ2v) is 6.20. The van der Waals surface area contributed by atoms with E-state index in [4.69, 9.17) is 0 Å². The molecular formula is C14H24Li2O. The van der Waals surface area contributed by atoms with Crippen LogP contribution in [0.5, 0.6) is 5.75 Å². The van der Waals surface area contributed by atoms with Gasteiger partial charge in [0.25, 0.3) is 0 Å². The number of hydrogen-bond acceptors (Lipinski definition) is 1. The summed E-state index contributed by atoms with van der Waals surface area (Å²) in [6, 6.07) is 6.04. The SMILES string of the molecule is CC(C)(C)c1cccc(C(C)(C)C)c1O.[H-].[H-].[Li+].[Li+]. The van der Waals surface area contributed by atoms with Gasteiger partial charge in [-0.3, -0.25) is 0 Å². The van der Waals surface area contributed by atoms with Crippen molar-refractivity contribution in [3.05, 3.63) is 29.3 Å². The van der Waals surface area contributed by atoms with E-state index >= 15 is 0 Å². The van der Waals surface area contributed by atoms with Crippen LogP contribution in [-0.4, -0.2) is 5.11 Å². The van der Waals surface area contributed by atoms with Gasteiger partial charge >= 0.3 is 37.7 Å². The minimum atomic E-state index is -0.00859. The van der Waals surface area contributed by atoms with E-state index in [0.717, 1.165) is 11.1 Å². The molecule has 0 atom stereocenters. The zero-order valence-electron chi connectivity index (χ0n) is 14.7. The van der Waals surface area contributed by atoms with Gasteiger partial charge in [-0.1, -0.05) is 59.7 Å². The Balaban J connectivity index is -0.000000281. The van der Waals surface area contributed by atoms with Crippen molar-refractivity contribution in [1.82, 2.24) is 0 Å². The molecule has 17 heavy (non-hydrogen) atoms. The van der Waals surface area contributed by atoms with Gasteiger partial charge in [-0.25, -0.2) is 0 Å². The largest absolute Gasteiger partial charge is 1.00 e. The molecule has 0 radical (unpaired) electrons. The van der Waals surface area contributed by atoms with Gasteiger partial charge in [-0.2, -0.15) is 0 Å². The number of para-hydroxylation sites is 1. The molecule has 0 aromatic heterocycles. The van der Waals surface area contributed by atoms with E-state index in [1.165, 1.54) is 0 Å². The van der Waals surface area contributed by atoms with Crippen LogP contribution in [0.1, 0.15) is 55.5 Å². The molecule has 0 aliphatic heterocycles. The van der Waals surface area contributed by atoms with Crippen molar-refractivity contribution in [1.29, 1.82) is 0 Å². The fourth-order valence-corrected chi connectivity index (χ4v) is 1.75. The molecule has 0 aliphatic rings. The molecule has 0 spiro atoms. The van der Waals surface area contributed by atoms with Crippen LogP contribution in [0.3, 0.4) is 0 Å². The summed E-state index contributed by atoms with van der Waals surface area (Å²) in [7, 11) is 0. The molecule has 1 aromatic rings. The maximum atomic E-state index is 10.3. The minimum Gasteiger partial charge on any atom is -1.00 e. The Morgan fingerprint density at radius 1 is 0.824 bits per heavy atom. The van der Waals surface area contributed by atoms with Gasteiger partial charge in [-0.05, 0) is 22.0 Å². The summed E-state index contributed by atoms with van der Waals surface area (Å²) in [5.74, 6) is 0.456. The van der Waals surface area contributed by atoms with Crippen molar-refractivity contribution in [2.45, 2.75) is 52.4 Å². The summed E-state index contributed by atoms with van der Waals surface area (Å²) in [5.41, 5.74) is 2.03. The van der Waals surface area contributed by atoms with Gasteiger partial charge in [-0.15, -0.1) is 0 Å². The van der Waals surface area contributed by atoms with E-state index in [9.17, 15) is 5.11 Å². The van der Waals surface area contributed by atoms with Crippen molar-refractivity contribution in [2.75, 3.05) is 0 Å². The molecule has 0 fully saturated rings. The smallest absolute Gasteiger partial charge is 1.00 e. The van der Waals surface area contributed by atoms with Crippen molar-refractivity contribution in [3.8, 4) is 5.75 Å². The molecule has 1 rings (SSSR count). The second-order valence-electron chi connectivity index (χ2n) is 6.20. The van der Waals surface area contributed by atoms with E-state index in [2.05, 4.69) is 41.5 Å². The molecular weight excluding hydrogens is 198 g/mol. The van der Waals surface area contributed by atoms with Gasteiger partial charge in [0.15, 0.2) is 0 Å². The van der Waals surface area contributed by atoms with E-state index in [0.29, 0.717) is 5.75 Å². The third kappa shape index (κ3) is 4.77. The van der Waals surface area contributed by atoms with Gasteiger partial charge < -0.3 is 7.96 Å². The molecule has 0 amide bonds. The first kappa shape index (κ1) is 19.6. The molecule has 1 N–H and O–H groups in total. The first-order valence-electron chi connectivity index (χ1n) is 5.47. The maximum absolute atomic E-state index is 10.3. The molecule has 0 saturated carbocycles. The summed E-state index contributed by atoms with van der Waals surface area (Å²) in [6.45, 7) is 12.7. The summed E-state index contributed by atoms with van der Waals surface area (Å²) >= 11 is 0. The predicted octanol–water partition coefficient (Wildman–Crippen LogP) is -1.78. The van der Waals surface area contributed by atoms with Gasteiger partial charge in [0.05, 0.1) is 0 Å². The minimum absolute atomic E-state index is 0. The van der Waals surface area contributed by atoms with Crippen LogP contribution in [0.2, 0.25) is 0 Å². The van der Waals surface area contributed by atoms with E-state index < -0.39 is 0 Å². The molecule has 1 aromatic carbocycles. The maximum Gasteiger partial charge on any atom is 1.00 e. The fraction of sp³-hybridized carbons (Fsp3) is 0.571. The summed E-state index contributed by atoms with van der Waals surface area (Å²) in [5, 5.41) is 10.3. The zero-order chi connectivity index (χ0) is 11.9. The van der Waals surface area contributed by atoms with Crippen molar-refractivity contribution in [3.63, 3.8) is 0 Å². The Morgan fingerprint density at radius 2 is 1.12 bits per heavy atom. The van der Waals surface area contributed by atoms with Crippen LogP contribution in [0.4, 0.5) is 0 Å². The molecule has 1 nitrogen and oxygen atoms in total. The van der Waals surface area contributed by atoms with Crippen LogP contribution < -0.4 is 37.7 Å². The fourth-order valence-electron chi connectivity index (χ4n) is 1.75. The molecule has 0 aliphatic carbocycles. The Labute approximate surface area is 133 Å². The van der Waals surface area contributed by atoms with Crippen molar-refractivity contribution in [2.24, 2.45) is 0 Å². The number of phenols is 1. The summed E-state index contributed by atoms with van der Waals surface area (Å²) in [4.78, 5) is 0. The Bertz CT molecular complexity index is 336. The van der Waals surface area contributed by atoms with E-state index in [1.54, 1.807) is 0 Å². The van der Waals surface area contributed by atoms with Gasteiger partial charge in [0.2, 0.25) is 0 Å². The number of phenolic OH excluding ortho intramolecular Hbond substituents is 1. The van der Waals surface area contributed by atoms with Crippen LogP contribution in [0, 0.1) is 0 Å². The number of aromatic hydroxyl groups is 1.